The van der Waals surface area contributed by atoms with Crippen molar-refractivity contribution in [2.45, 2.75) is 67.0 Å². The predicted octanol–water partition coefficient (Wildman–Crippen LogP) is 7.13. The number of amides is 1. The summed E-state index contributed by atoms with van der Waals surface area (Å²) in [5.74, 6) is -7.37. The maximum Gasteiger partial charge on any atom is 0.310 e. The molecule has 4 rings (SSSR count). The third-order valence-corrected chi connectivity index (χ3v) is 8.31. The Morgan fingerprint density at radius 2 is 1.68 bits per heavy atom. The number of carbonyl (C=O) groups excluding carboxylic acids is 2. The van der Waals surface area contributed by atoms with E-state index in [1.165, 1.54) is 18.1 Å². The number of halogens is 10. The van der Waals surface area contributed by atoms with Gasteiger partial charge >= 0.3 is 10.2 Å². The van der Waals surface area contributed by atoms with Gasteiger partial charge in [0.15, 0.2) is 12.2 Å². The highest BCUT2D eigenvalue weighted by Gasteiger charge is 2.65. The zero-order valence-electron chi connectivity index (χ0n) is 22.9. The minimum Gasteiger partial charge on any atom is -0.359 e. The minimum absolute atomic E-state index is 0.00910. The first-order chi connectivity index (χ1) is 20.1. The molecule has 2 aromatic rings. The molecule has 7 nitrogen and oxygen atoms in total. The molecule has 44 heavy (non-hydrogen) atoms. The number of likely N-dealkylation sites (tertiary alicyclic amines) is 1. The fourth-order valence-electron chi connectivity index (χ4n) is 4.75. The summed E-state index contributed by atoms with van der Waals surface area (Å²) in [6.07, 6.45) is 2.48. The van der Waals surface area contributed by atoms with E-state index in [-0.39, 0.29) is 49.1 Å². The summed E-state index contributed by atoms with van der Waals surface area (Å²) in [6, 6.07) is -0.515. The van der Waals surface area contributed by atoms with Crippen molar-refractivity contribution < 1.29 is 51.0 Å². The zero-order valence-corrected chi connectivity index (χ0v) is 23.7. The molecule has 1 aliphatic heterocycles. The Balaban J connectivity index is 0.000000404. The van der Waals surface area contributed by atoms with Crippen molar-refractivity contribution in [1.29, 1.82) is 5.26 Å². The molecule has 1 saturated carbocycles. The summed E-state index contributed by atoms with van der Waals surface area (Å²) in [7, 11) is -8.58. The molecule has 0 spiro atoms. The van der Waals surface area contributed by atoms with E-state index in [4.69, 9.17) is 5.26 Å². The molecule has 0 bridgehead atoms. The second kappa shape index (κ2) is 11.6. The molecule has 1 amide bonds. The van der Waals surface area contributed by atoms with Gasteiger partial charge in [-0.15, -0.1) is 0 Å². The molecule has 0 radical (unpaired) electrons. The second-order valence-corrected chi connectivity index (χ2v) is 12.8. The van der Waals surface area contributed by atoms with Crippen LogP contribution < -0.4 is 10.2 Å². The smallest absolute Gasteiger partial charge is 0.310 e. The second-order valence-electron chi connectivity index (χ2n) is 10.4. The Labute approximate surface area is 245 Å². The molecular weight excluding hydrogens is 636 g/mol. The van der Waals surface area contributed by atoms with E-state index in [0.717, 1.165) is 29.3 Å². The van der Waals surface area contributed by atoms with E-state index in [0.29, 0.717) is 0 Å². The lowest BCUT2D eigenvalue weighted by Crippen LogP contribution is -2.46. The van der Waals surface area contributed by atoms with Crippen LogP contribution in [0.3, 0.4) is 0 Å². The summed E-state index contributed by atoms with van der Waals surface area (Å²) < 4.78 is 131. The number of anilines is 1. The molecule has 2 atom stereocenters. The molecule has 1 N–H and O–H groups in total. The van der Waals surface area contributed by atoms with Crippen molar-refractivity contribution in [3.63, 3.8) is 0 Å². The molecular formula is C26H27F10N5O2S. The number of hydrogen-bond acceptors (Lipinski definition) is 6. The van der Waals surface area contributed by atoms with Gasteiger partial charge in [-0.25, -0.2) is 22.0 Å². The van der Waals surface area contributed by atoms with Crippen molar-refractivity contribution in [3.8, 4) is 6.19 Å². The van der Waals surface area contributed by atoms with Crippen molar-refractivity contribution in [2.75, 3.05) is 18.5 Å². The molecule has 2 fully saturated rings. The van der Waals surface area contributed by atoms with Gasteiger partial charge in [0, 0.05) is 56.3 Å². The van der Waals surface area contributed by atoms with Crippen LogP contribution in [-0.2, 0) is 9.59 Å². The first-order valence-corrected chi connectivity index (χ1v) is 14.9. The van der Waals surface area contributed by atoms with Crippen LogP contribution in [0.15, 0.2) is 47.6 Å². The number of likely N-dealkylation sites (N-methyl/N-ethyl adjacent to an activating group) is 1. The van der Waals surface area contributed by atoms with Crippen LogP contribution in [0.2, 0.25) is 0 Å². The molecule has 1 aromatic heterocycles. The van der Waals surface area contributed by atoms with Crippen LogP contribution in [0.4, 0.5) is 47.1 Å². The highest BCUT2D eigenvalue weighted by molar-refractivity contribution is 8.45. The van der Waals surface area contributed by atoms with Gasteiger partial charge in [0.25, 0.3) is 5.92 Å². The molecule has 18 heteroatoms. The van der Waals surface area contributed by atoms with Crippen molar-refractivity contribution in [3.05, 3.63) is 54.1 Å². The highest BCUT2D eigenvalue weighted by atomic mass is 32.5. The number of alkyl halides is 4. The number of nitrogens with one attached hydrogen (secondary N) is 1. The average molecular weight is 664 g/mol. The van der Waals surface area contributed by atoms with E-state index in [9.17, 15) is 51.0 Å². The lowest BCUT2D eigenvalue weighted by Gasteiger charge is -2.40. The van der Waals surface area contributed by atoms with Crippen LogP contribution in [0, 0.1) is 17.3 Å². The normalized spacial score (nSPS) is 21.9. The third kappa shape index (κ3) is 8.67. The van der Waals surface area contributed by atoms with Gasteiger partial charge in [0.1, 0.15) is 23.0 Å². The molecule has 2 aliphatic rings. The van der Waals surface area contributed by atoms with Gasteiger partial charge in [0.2, 0.25) is 11.8 Å². The van der Waals surface area contributed by atoms with Crippen molar-refractivity contribution in [2.24, 2.45) is 0 Å². The average Bonchev–Trinajstić information content (AvgIpc) is 3.22. The maximum atomic E-state index is 13.8. The van der Waals surface area contributed by atoms with E-state index >= 15 is 0 Å². The molecule has 244 valence electrons. The lowest BCUT2D eigenvalue weighted by atomic mass is 9.92. The standard InChI is InChI=1S/C20H21F8N3OS.C6H6F2N2O/c1-31(16-2-4-17(5-3-16)33(24,25,26,27)28)18(13-10-14(21)12-29-11-13)19(32)30-15-6-8-20(22,23)9-7-15;7-6(8)1-2-10(4-9)5(6)3-11/h2-5,10-12,15,18H,6-9H2,1H3,(H,30,32);3,5H,1-2H2. The van der Waals surface area contributed by atoms with Crippen LogP contribution in [0.1, 0.15) is 43.7 Å². The van der Waals surface area contributed by atoms with Gasteiger partial charge in [-0.2, -0.15) is 5.26 Å². The SMILES string of the molecule is CN(c1ccc(S(F)(F)(F)(F)F)cc1)C(C(=O)NC1CCC(F)(F)CC1)c1cncc(F)c1.N#CN1CCC(F)(F)C1C=O. The Morgan fingerprint density at radius 3 is 2.16 bits per heavy atom. The van der Waals surface area contributed by atoms with E-state index in [1.54, 1.807) is 6.19 Å². The zero-order chi connectivity index (χ0) is 33.2. The number of rotatable bonds is 7. The van der Waals surface area contributed by atoms with Crippen molar-refractivity contribution >= 4 is 28.1 Å². The number of aldehydes is 1. The van der Waals surface area contributed by atoms with Crippen molar-refractivity contribution in [1.82, 2.24) is 15.2 Å². The predicted molar refractivity (Wildman–Crippen MR) is 140 cm³/mol. The first-order valence-electron chi connectivity index (χ1n) is 12.9. The first kappa shape index (κ1) is 34.7. The topological polar surface area (TPSA) is 89.3 Å². The molecule has 1 aromatic carbocycles. The number of pyridine rings is 1. The number of benzene rings is 1. The number of carbonyl (C=O) groups is 2. The fraction of sp³-hybridized carbons (Fsp3) is 0.462. The summed E-state index contributed by atoms with van der Waals surface area (Å²) in [6.45, 7) is -0.0348. The highest BCUT2D eigenvalue weighted by Crippen LogP contribution is 3.02. The fourth-order valence-corrected chi connectivity index (χ4v) is 5.40. The van der Waals surface area contributed by atoms with Crippen LogP contribution >= 0.6 is 10.2 Å². The summed E-state index contributed by atoms with van der Waals surface area (Å²) >= 11 is 0. The molecule has 2 unspecified atom stereocenters. The Hall–Kier alpha value is -3.75. The minimum atomic E-state index is -9.88. The number of nitrogens with zero attached hydrogens (tertiary/aromatic N) is 4. The monoisotopic (exact) mass is 663 g/mol. The third-order valence-electron chi connectivity index (χ3n) is 7.14. The van der Waals surface area contributed by atoms with Crippen LogP contribution in [0.5, 0.6) is 0 Å². The van der Waals surface area contributed by atoms with Gasteiger partial charge in [-0.3, -0.25) is 14.7 Å². The largest absolute Gasteiger partial charge is 0.359 e. The molecule has 1 saturated heterocycles. The summed E-state index contributed by atoms with van der Waals surface area (Å²) in [5, 5.41) is 10.9. The summed E-state index contributed by atoms with van der Waals surface area (Å²) in [5.41, 5.74) is -0.00637. The maximum absolute atomic E-state index is 13.8. The Bertz CT molecular complexity index is 1390. The van der Waals surface area contributed by atoms with Gasteiger partial charge in [-0.1, -0.05) is 19.4 Å². The van der Waals surface area contributed by atoms with Crippen LogP contribution in [0.25, 0.3) is 0 Å². The van der Waals surface area contributed by atoms with E-state index in [1.807, 2.05) is 0 Å². The summed E-state index contributed by atoms with van der Waals surface area (Å²) in [4.78, 5) is 26.7. The molecule has 1 aliphatic carbocycles. The van der Waals surface area contributed by atoms with Gasteiger partial charge in [-0.05, 0) is 43.2 Å². The quantitative estimate of drug-likeness (QED) is 0.193. The molecule has 2 heterocycles. The van der Waals surface area contributed by atoms with E-state index < -0.39 is 76.1 Å². The lowest BCUT2D eigenvalue weighted by molar-refractivity contribution is -0.124. The Morgan fingerprint density at radius 1 is 1.09 bits per heavy atom. The van der Waals surface area contributed by atoms with Crippen LogP contribution in [-0.4, -0.2) is 59.6 Å². The number of hydrogen-bond donors (Lipinski definition) is 1. The number of nitriles is 1. The van der Waals surface area contributed by atoms with E-state index in [2.05, 4.69) is 10.3 Å². The number of aromatic nitrogens is 1. The van der Waals surface area contributed by atoms with Gasteiger partial charge < -0.3 is 15.0 Å². The van der Waals surface area contributed by atoms with Gasteiger partial charge in [0.05, 0.1) is 6.20 Å². The Kier molecular flexibility index (Phi) is 9.19.